The fourth-order valence-corrected chi connectivity index (χ4v) is 4.33. The van der Waals surface area contributed by atoms with Gasteiger partial charge in [-0.3, -0.25) is 9.69 Å². The molecule has 3 aromatic rings. The minimum Gasteiger partial charge on any atom is -0.418 e. The summed E-state index contributed by atoms with van der Waals surface area (Å²) in [6.45, 7) is 4.01. The van der Waals surface area contributed by atoms with Crippen LogP contribution in [0.2, 0.25) is 0 Å². The van der Waals surface area contributed by atoms with E-state index in [-0.39, 0.29) is 24.3 Å². The summed E-state index contributed by atoms with van der Waals surface area (Å²) in [5.41, 5.74) is 2.26. The molecule has 1 aliphatic heterocycles. The molecule has 1 saturated heterocycles. The zero-order valence-corrected chi connectivity index (χ0v) is 18.9. The molecule has 1 amide bonds. The summed E-state index contributed by atoms with van der Waals surface area (Å²) in [5.74, 6) is -0.119. The average molecular weight is 460 g/mol. The van der Waals surface area contributed by atoms with Crippen molar-refractivity contribution < 1.29 is 18.0 Å². The maximum atomic E-state index is 12.9. The smallest absolute Gasteiger partial charge is 0.298 e. The number of H-pyrrole nitrogens is 1. The number of benzene rings is 1. The molecule has 1 aliphatic rings. The molecule has 0 saturated carbocycles. The SMILES string of the molecule is CCCCC(Cc1c[nH]c2ccccc12)NC(=O)c1cnc(N2CCN(CC(F)F)CC2)o1. The summed E-state index contributed by atoms with van der Waals surface area (Å²) in [7, 11) is 0. The van der Waals surface area contributed by atoms with Gasteiger partial charge in [-0.2, -0.15) is 0 Å². The number of anilines is 1. The molecule has 1 aromatic carbocycles. The number of halogens is 2. The number of aromatic nitrogens is 2. The minimum absolute atomic E-state index is 0.0249. The number of nitrogens with one attached hydrogen (secondary N) is 2. The van der Waals surface area contributed by atoms with E-state index in [0.717, 1.165) is 31.2 Å². The van der Waals surface area contributed by atoms with Crippen molar-refractivity contribution in [1.82, 2.24) is 20.2 Å². The Bertz CT molecular complexity index is 1040. The van der Waals surface area contributed by atoms with Gasteiger partial charge < -0.3 is 19.6 Å². The Morgan fingerprint density at radius 3 is 2.79 bits per heavy atom. The van der Waals surface area contributed by atoms with Crippen LogP contribution >= 0.6 is 0 Å². The molecule has 3 heterocycles. The Hall–Kier alpha value is -2.94. The molecule has 178 valence electrons. The normalized spacial score (nSPS) is 15.9. The molecule has 1 unspecified atom stereocenters. The van der Waals surface area contributed by atoms with Gasteiger partial charge in [0.25, 0.3) is 18.3 Å². The van der Waals surface area contributed by atoms with Crippen LogP contribution in [-0.2, 0) is 6.42 Å². The van der Waals surface area contributed by atoms with Crippen molar-refractivity contribution in [3.8, 4) is 0 Å². The number of hydrogen-bond acceptors (Lipinski definition) is 5. The summed E-state index contributed by atoms with van der Waals surface area (Å²) in [4.78, 5) is 24.1. The van der Waals surface area contributed by atoms with E-state index in [0.29, 0.717) is 32.2 Å². The van der Waals surface area contributed by atoms with Crippen LogP contribution in [0.5, 0.6) is 0 Å². The van der Waals surface area contributed by atoms with Crippen LogP contribution in [0.3, 0.4) is 0 Å². The second-order valence-electron chi connectivity index (χ2n) is 8.56. The summed E-state index contributed by atoms with van der Waals surface area (Å²) >= 11 is 0. The first kappa shape index (κ1) is 23.2. The fraction of sp³-hybridized carbons (Fsp3) is 0.500. The van der Waals surface area contributed by atoms with Crippen molar-refractivity contribution in [2.75, 3.05) is 37.6 Å². The first-order valence-corrected chi connectivity index (χ1v) is 11.6. The molecule has 2 N–H and O–H groups in total. The van der Waals surface area contributed by atoms with Crippen molar-refractivity contribution in [2.45, 2.75) is 45.1 Å². The molecule has 0 bridgehead atoms. The highest BCUT2D eigenvalue weighted by Crippen LogP contribution is 2.21. The maximum Gasteiger partial charge on any atom is 0.298 e. The number of para-hydroxylation sites is 1. The lowest BCUT2D eigenvalue weighted by Crippen LogP contribution is -2.47. The Kier molecular flexibility index (Phi) is 7.59. The molecule has 7 nitrogen and oxygen atoms in total. The molecule has 1 fully saturated rings. The molecular weight excluding hydrogens is 428 g/mol. The van der Waals surface area contributed by atoms with Gasteiger partial charge in [-0.1, -0.05) is 38.0 Å². The zero-order chi connectivity index (χ0) is 23.2. The van der Waals surface area contributed by atoms with Crippen LogP contribution < -0.4 is 10.2 Å². The number of fused-ring (bicyclic) bond motifs is 1. The monoisotopic (exact) mass is 459 g/mol. The van der Waals surface area contributed by atoms with Crippen LogP contribution in [0.4, 0.5) is 14.8 Å². The van der Waals surface area contributed by atoms with Gasteiger partial charge in [-0.25, -0.2) is 13.8 Å². The van der Waals surface area contributed by atoms with E-state index < -0.39 is 6.43 Å². The largest absolute Gasteiger partial charge is 0.418 e. The number of rotatable bonds is 10. The molecule has 33 heavy (non-hydrogen) atoms. The van der Waals surface area contributed by atoms with Crippen molar-refractivity contribution in [3.63, 3.8) is 0 Å². The number of carbonyl (C=O) groups is 1. The number of carbonyl (C=O) groups excluding carboxylic acids is 1. The minimum atomic E-state index is -2.33. The number of hydrogen-bond donors (Lipinski definition) is 2. The van der Waals surface area contributed by atoms with Gasteiger partial charge in [0.1, 0.15) is 0 Å². The van der Waals surface area contributed by atoms with E-state index in [1.807, 2.05) is 29.3 Å². The van der Waals surface area contributed by atoms with Gasteiger partial charge in [-0.05, 0) is 24.5 Å². The molecule has 1 atom stereocenters. The Morgan fingerprint density at radius 1 is 1.24 bits per heavy atom. The fourth-order valence-electron chi connectivity index (χ4n) is 4.33. The van der Waals surface area contributed by atoms with Gasteiger partial charge in [0.2, 0.25) is 5.76 Å². The molecule has 0 spiro atoms. The van der Waals surface area contributed by atoms with Crippen molar-refractivity contribution >= 4 is 22.8 Å². The van der Waals surface area contributed by atoms with E-state index in [1.165, 1.54) is 17.1 Å². The number of unbranched alkanes of at least 4 members (excludes halogenated alkanes) is 1. The third-order valence-electron chi connectivity index (χ3n) is 6.14. The van der Waals surface area contributed by atoms with Crippen LogP contribution in [0.1, 0.15) is 42.3 Å². The highest BCUT2D eigenvalue weighted by atomic mass is 19.3. The highest BCUT2D eigenvalue weighted by Gasteiger charge is 2.24. The second kappa shape index (κ2) is 10.8. The molecular formula is C24H31F2N5O2. The third-order valence-corrected chi connectivity index (χ3v) is 6.14. The van der Waals surface area contributed by atoms with E-state index in [2.05, 4.69) is 28.3 Å². The lowest BCUT2D eigenvalue weighted by molar-refractivity contribution is 0.0844. The number of oxazole rings is 1. The maximum absolute atomic E-state index is 12.9. The molecule has 2 aromatic heterocycles. The Morgan fingerprint density at radius 2 is 2.03 bits per heavy atom. The second-order valence-corrected chi connectivity index (χ2v) is 8.56. The summed E-state index contributed by atoms with van der Waals surface area (Å²) in [5, 5.41) is 4.29. The molecule has 4 rings (SSSR count). The van der Waals surface area contributed by atoms with E-state index >= 15 is 0 Å². The first-order chi connectivity index (χ1) is 16.0. The van der Waals surface area contributed by atoms with Gasteiger partial charge >= 0.3 is 0 Å². The van der Waals surface area contributed by atoms with Crippen molar-refractivity contribution in [3.05, 3.63) is 48.0 Å². The lowest BCUT2D eigenvalue weighted by Gasteiger charge is -2.33. The number of amides is 1. The predicted octanol–water partition coefficient (Wildman–Crippen LogP) is 4.07. The summed E-state index contributed by atoms with van der Waals surface area (Å²) in [6, 6.07) is 8.48. The van der Waals surface area contributed by atoms with Crippen LogP contribution in [0.15, 0.2) is 41.1 Å². The van der Waals surface area contributed by atoms with Gasteiger partial charge in [0.05, 0.1) is 12.7 Å². The van der Waals surface area contributed by atoms with Gasteiger partial charge in [-0.15, -0.1) is 0 Å². The quantitative estimate of drug-likeness (QED) is 0.478. The molecule has 0 radical (unpaired) electrons. The molecule has 9 heteroatoms. The number of alkyl halides is 2. The standard InChI is InChI=1S/C24H31F2N5O2/c1-2-3-6-18(13-17-14-27-20-8-5-4-7-19(17)20)29-23(32)21-15-28-24(33-21)31-11-9-30(10-12-31)16-22(25)26/h4-5,7-8,14-15,18,22,27H,2-3,6,9-13,16H2,1H3,(H,29,32). The summed E-state index contributed by atoms with van der Waals surface area (Å²) < 4.78 is 30.9. The van der Waals surface area contributed by atoms with E-state index in [9.17, 15) is 13.6 Å². The lowest BCUT2D eigenvalue weighted by atomic mass is 10.0. The first-order valence-electron chi connectivity index (χ1n) is 11.6. The zero-order valence-electron chi connectivity index (χ0n) is 18.9. The van der Waals surface area contributed by atoms with Gasteiger partial charge in [0.15, 0.2) is 0 Å². The van der Waals surface area contributed by atoms with E-state index in [4.69, 9.17) is 4.42 Å². The van der Waals surface area contributed by atoms with Crippen LogP contribution in [-0.4, -0.2) is 66.0 Å². The van der Waals surface area contributed by atoms with Crippen LogP contribution in [0.25, 0.3) is 10.9 Å². The van der Waals surface area contributed by atoms with Crippen molar-refractivity contribution in [1.29, 1.82) is 0 Å². The Balaban J connectivity index is 1.38. The Labute approximate surface area is 192 Å². The predicted molar refractivity (Wildman–Crippen MR) is 124 cm³/mol. The van der Waals surface area contributed by atoms with E-state index in [1.54, 1.807) is 4.90 Å². The molecule has 0 aliphatic carbocycles. The van der Waals surface area contributed by atoms with Crippen LogP contribution in [0, 0.1) is 0 Å². The summed E-state index contributed by atoms with van der Waals surface area (Å²) in [6.07, 6.45) is 4.77. The van der Waals surface area contributed by atoms with Gasteiger partial charge in [0, 0.05) is 49.3 Å². The average Bonchev–Trinajstić information content (AvgIpc) is 3.46. The number of aromatic amines is 1. The number of nitrogens with zero attached hydrogens (tertiary/aromatic N) is 3. The highest BCUT2D eigenvalue weighted by molar-refractivity contribution is 5.91. The topological polar surface area (TPSA) is 77.4 Å². The third kappa shape index (κ3) is 5.90. The van der Waals surface area contributed by atoms with Crippen molar-refractivity contribution in [2.24, 2.45) is 0 Å². The number of piperazine rings is 1.